The van der Waals surface area contributed by atoms with Crippen LogP contribution in [0.3, 0.4) is 0 Å². The van der Waals surface area contributed by atoms with E-state index >= 15 is 0 Å². The number of hydrogen-bond acceptors (Lipinski definition) is 3. The molecule has 0 unspecified atom stereocenters. The third-order valence-corrected chi connectivity index (χ3v) is 2.45. The van der Waals surface area contributed by atoms with E-state index in [0.717, 1.165) is 5.69 Å². The Morgan fingerprint density at radius 2 is 2.33 bits per heavy atom. The van der Waals surface area contributed by atoms with Crippen LogP contribution in [0.1, 0.15) is 6.42 Å². The summed E-state index contributed by atoms with van der Waals surface area (Å²) in [6.07, 6.45) is 3.17. The fraction of sp³-hybridized carbons (Fsp3) is 0.167. The standard InChI is InChI=1S/C12H11ClN2O3/c13-9-2-1-3-10(6-9)15-8-11(7-14-15)18-5-4-12(16)17/h1-3,6-8H,4-5H2,(H,16,17). The number of hydrogen-bond donors (Lipinski definition) is 1. The van der Waals surface area contributed by atoms with Gasteiger partial charge in [-0.1, -0.05) is 17.7 Å². The van der Waals surface area contributed by atoms with Gasteiger partial charge in [-0.05, 0) is 18.2 Å². The Morgan fingerprint density at radius 1 is 1.50 bits per heavy atom. The van der Waals surface area contributed by atoms with Crippen LogP contribution in [-0.4, -0.2) is 27.5 Å². The number of halogens is 1. The van der Waals surface area contributed by atoms with Crippen molar-refractivity contribution in [2.45, 2.75) is 6.42 Å². The Bertz CT molecular complexity index is 554. The van der Waals surface area contributed by atoms with Crippen molar-refractivity contribution in [1.82, 2.24) is 9.78 Å². The number of carboxylic acid groups (broad SMARTS) is 1. The molecular formula is C12H11ClN2O3. The SMILES string of the molecule is O=C(O)CCOc1cnn(-c2cccc(Cl)c2)c1. The Morgan fingerprint density at radius 3 is 3.06 bits per heavy atom. The van der Waals surface area contributed by atoms with E-state index in [-0.39, 0.29) is 13.0 Å². The summed E-state index contributed by atoms with van der Waals surface area (Å²) in [6.45, 7) is 0.122. The van der Waals surface area contributed by atoms with Gasteiger partial charge in [0.15, 0.2) is 5.75 Å². The lowest BCUT2D eigenvalue weighted by Crippen LogP contribution is -2.04. The summed E-state index contributed by atoms with van der Waals surface area (Å²) in [6, 6.07) is 7.23. The zero-order valence-corrected chi connectivity index (χ0v) is 10.2. The van der Waals surface area contributed by atoms with Gasteiger partial charge in [0.25, 0.3) is 0 Å². The third-order valence-electron chi connectivity index (χ3n) is 2.22. The van der Waals surface area contributed by atoms with Crippen LogP contribution in [0, 0.1) is 0 Å². The summed E-state index contributed by atoms with van der Waals surface area (Å²) < 4.78 is 6.87. The second kappa shape index (κ2) is 5.55. The maximum atomic E-state index is 10.3. The van der Waals surface area contributed by atoms with Gasteiger partial charge in [0.2, 0.25) is 0 Å². The van der Waals surface area contributed by atoms with E-state index in [9.17, 15) is 4.79 Å². The summed E-state index contributed by atoms with van der Waals surface area (Å²) in [5.74, 6) is -0.367. The molecule has 18 heavy (non-hydrogen) atoms. The van der Waals surface area contributed by atoms with Crippen LogP contribution in [0.5, 0.6) is 5.75 Å². The van der Waals surface area contributed by atoms with E-state index in [4.69, 9.17) is 21.4 Å². The van der Waals surface area contributed by atoms with Crippen molar-refractivity contribution < 1.29 is 14.6 Å². The summed E-state index contributed by atoms with van der Waals surface area (Å²) >= 11 is 5.88. The number of aliphatic carboxylic acids is 1. The van der Waals surface area contributed by atoms with Crippen LogP contribution in [0.25, 0.3) is 5.69 Å². The molecule has 0 atom stereocenters. The van der Waals surface area contributed by atoms with Gasteiger partial charge < -0.3 is 9.84 Å². The van der Waals surface area contributed by atoms with E-state index in [2.05, 4.69) is 5.10 Å². The van der Waals surface area contributed by atoms with Crippen molar-refractivity contribution in [3.05, 3.63) is 41.7 Å². The highest BCUT2D eigenvalue weighted by Gasteiger charge is 2.03. The van der Waals surface area contributed by atoms with Gasteiger partial charge in [-0.2, -0.15) is 5.10 Å². The van der Waals surface area contributed by atoms with Gasteiger partial charge in [0, 0.05) is 5.02 Å². The highest BCUT2D eigenvalue weighted by Crippen LogP contribution is 2.17. The number of carboxylic acids is 1. The molecule has 0 amide bonds. The molecule has 0 aliphatic carbocycles. The fourth-order valence-corrected chi connectivity index (χ4v) is 1.58. The predicted octanol–water partition coefficient (Wildman–Crippen LogP) is 2.38. The lowest BCUT2D eigenvalue weighted by molar-refractivity contribution is -0.137. The van der Waals surface area contributed by atoms with Crippen LogP contribution in [0.4, 0.5) is 0 Å². The molecule has 0 aliphatic rings. The van der Waals surface area contributed by atoms with Crippen LogP contribution < -0.4 is 4.74 Å². The lowest BCUT2D eigenvalue weighted by atomic mass is 10.3. The summed E-state index contributed by atoms with van der Waals surface area (Å²) in [5.41, 5.74) is 0.815. The van der Waals surface area contributed by atoms with E-state index in [1.807, 2.05) is 12.1 Å². The molecule has 0 bridgehead atoms. The topological polar surface area (TPSA) is 64.3 Å². The van der Waals surface area contributed by atoms with Crippen molar-refractivity contribution in [3.8, 4) is 11.4 Å². The third kappa shape index (κ3) is 3.24. The molecule has 0 aliphatic heterocycles. The number of aromatic nitrogens is 2. The maximum absolute atomic E-state index is 10.3. The van der Waals surface area contributed by atoms with Gasteiger partial charge in [0.1, 0.15) is 0 Å². The first-order chi connectivity index (χ1) is 8.65. The molecule has 6 heteroatoms. The summed E-state index contributed by atoms with van der Waals surface area (Å²) in [4.78, 5) is 10.3. The largest absolute Gasteiger partial charge is 0.490 e. The fourth-order valence-electron chi connectivity index (χ4n) is 1.40. The number of carbonyl (C=O) groups is 1. The number of rotatable bonds is 5. The summed E-state index contributed by atoms with van der Waals surface area (Å²) in [5, 5.41) is 13.2. The smallest absolute Gasteiger partial charge is 0.306 e. The molecule has 1 aromatic carbocycles. The van der Waals surface area contributed by atoms with Crippen LogP contribution >= 0.6 is 11.6 Å². The van der Waals surface area contributed by atoms with E-state index in [1.54, 1.807) is 23.0 Å². The molecule has 1 aromatic heterocycles. The highest BCUT2D eigenvalue weighted by molar-refractivity contribution is 6.30. The van der Waals surface area contributed by atoms with Gasteiger partial charge in [-0.15, -0.1) is 0 Å². The molecule has 1 N–H and O–H groups in total. The molecule has 1 heterocycles. The van der Waals surface area contributed by atoms with Crippen LogP contribution in [0.2, 0.25) is 5.02 Å². The zero-order valence-electron chi connectivity index (χ0n) is 9.41. The van der Waals surface area contributed by atoms with Crippen molar-refractivity contribution in [2.75, 3.05) is 6.61 Å². The van der Waals surface area contributed by atoms with Gasteiger partial charge in [-0.25, -0.2) is 4.68 Å². The number of ether oxygens (including phenoxy) is 1. The van der Waals surface area contributed by atoms with Gasteiger partial charge >= 0.3 is 5.97 Å². The number of benzene rings is 1. The quantitative estimate of drug-likeness (QED) is 0.902. The Hall–Kier alpha value is -2.01. The van der Waals surface area contributed by atoms with Gasteiger partial charge in [0.05, 0.1) is 31.1 Å². The average Bonchev–Trinajstić information content (AvgIpc) is 2.77. The van der Waals surface area contributed by atoms with Crippen molar-refractivity contribution >= 4 is 17.6 Å². The van der Waals surface area contributed by atoms with E-state index in [0.29, 0.717) is 10.8 Å². The Kier molecular flexibility index (Phi) is 3.84. The second-order valence-electron chi connectivity index (χ2n) is 3.59. The molecular weight excluding hydrogens is 256 g/mol. The van der Waals surface area contributed by atoms with E-state index in [1.165, 1.54) is 6.20 Å². The van der Waals surface area contributed by atoms with Crippen molar-refractivity contribution in [1.29, 1.82) is 0 Å². The van der Waals surface area contributed by atoms with Crippen LogP contribution in [0.15, 0.2) is 36.7 Å². The second-order valence-corrected chi connectivity index (χ2v) is 4.03. The lowest BCUT2D eigenvalue weighted by Gasteiger charge is -2.01. The predicted molar refractivity (Wildman–Crippen MR) is 66.3 cm³/mol. The van der Waals surface area contributed by atoms with Gasteiger partial charge in [-0.3, -0.25) is 4.79 Å². The molecule has 0 saturated carbocycles. The monoisotopic (exact) mass is 266 g/mol. The minimum Gasteiger partial charge on any atom is -0.490 e. The molecule has 0 saturated heterocycles. The molecule has 2 aromatic rings. The summed E-state index contributed by atoms with van der Waals surface area (Å²) in [7, 11) is 0. The van der Waals surface area contributed by atoms with Crippen molar-refractivity contribution in [2.24, 2.45) is 0 Å². The average molecular weight is 267 g/mol. The maximum Gasteiger partial charge on any atom is 0.306 e. The molecule has 94 valence electrons. The first-order valence-corrected chi connectivity index (χ1v) is 5.68. The van der Waals surface area contributed by atoms with Crippen LogP contribution in [-0.2, 0) is 4.79 Å². The molecule has 5 nitrogen and oxygen atoms in total. The first kappa shape index (κ1) is 12.4. The highest BCUT2D eigenvalue weighted by atomic mass is 35.5. The molecule has 0 spiro atoms. The van der Waals surface area contributed by atoms with E-state index < -0.39 is 5.97 Å². The Labute approximate surface area is 109 Å². The number of nitrogens with zero attached hydrogens (tertiary/aromatic N) is 2. The molecule has 0 fully saturated rings. The minimum atomic E-state index is -0.891. The zero-order chi connectivity index (χ0) is 13.0. The molecule has 0 radical (unpaired) electrons. The first-order valence-electron chi connectivity index (χ1n) is 5.30. The Balaban J connectivity index is 2.04. The normalized spacial score (nSPS) is 10.3. The minimum absolute atomic E-state index is 0.0393. The van der Waals surface area contributed by atoms with Crippen molar-refractivity contribution in [3.63, 3.8) is 0 Å². The molecule has 2 rings (SSSR count).